The Labute approximate surface area is 103 Å². The van der Waals surface area contributed by atoms with E-state index in [9.17, 15) is 0 Å². The molecule has 2 aromatic carbocycles. The summed E-state index contributed by atoms with van der Waals surface area (Å²) in [6.07, 6.45) is 4.85. The molecule has 0 aliphatic rings. The van der Waals surface area contributed by atoms with Crippen LogP contribution in [-0.2, 0) is 11.2 Å². The van der Waals surface area contributed by atoms with Gasteiger partial charge in [0.2, 0.25) is 0 Å². The van der Waals surface area contributed by atoms with Crippen molar-refractivity contribution < 1.29 is 4.74 Å². The number of unbranched alkanes of at least 4 members (excludes halogenated alkanes) is 2. The number of ether oxygens (including phenoxy) is 1. The van der Waals surface area contributed by atoms with E-state index in [-0.39, 0.29) is 0 Å². The molecule has 90 valence electrons. The zero-order valence-electron chi connectivity index (χ0n) is 10.5. The lowest BCUT2D eigenvalue weighted by molar-refractivity contribution is 0.192. The van der Waals surface area contributed by atoms with Gasteiger partial charge in [0.25, 0.3) is 0 Å². The minimum absolute atomic E-state index is 0.887. The number of aryl methyl sites for hydroxylation is 1. The van der Waals surface area contributed by atoms with Crippen LogP contribution in [0.2, 0.25) is 0 Å². The van der Waals surface area contributed by atoms with Gasteiger partial charge >= 0.3 is 0 Å². The van der Waals surface area contributed by atoms with Crippen molar-refractivity contribution in [3.8, 4) is 0 Å². The van der Waals surface area contributed by atoms with Crippen molar-refractivity contribution in [2.24, 2.45) is 0 Å². The van der Waals surface area contributed by atoms with Crippen molar-refractivity contribution in [2.75, 3.05) is 13.7 Å². The molecule has 0 saturated heterocycles. The molecule has 0 aromatic heterocycles. The Bertz CT molecular complexity index is 462. The Kier molecular flexibility index (Phi) is 4.57. The fourth-order valence-electron chi connectivity index (χ4n) is 2.15. The number of hydrogen-bond donors (Lipinski definition) is 0. The monoisotopic (exact) mass is 228 g/mol. The van der Waals surface area contributed by atoms with Crippen molar-refractivity contribution in [2.45, 2.75) is 25.7 Å². The maximum atomic E-state index is 5.05. The van der Waals surface area contributed by atoms with E-state index in [1.807, 2.05) is 0 Å². The van der Waals surface area contributed by atoms with Gasteiger partial charge in [-0.05, 0) is 35.6 Å². The van der Waals surface area contributed by atoms with Crippen molar-refractivity contribution in [3.05, 3.63) is 48.0 Å². The summed E-state index contributed by atoms with van der Waals surface area (Å²) in [5.41, 5.74) is 1.45. The van der Waals surface area contributed by atoms with E-state index in [2.05, 4.69) is 42.5 Å². The highest BCUT2D eigenvalue weighted by atomic mass is 16.5. The van der Waals surface area contributed by atoms with Gasteiger partial charge < -0.3 is 4.74 Å². The van der Waals surface area contributed by atoms with Crippen molar-refractivity contribution >= 4 is 10.8 Å². The minimum Gasteiger partial charge on any atom is -0.385 e. The first kappa shape index (κ1) is 12.1. The molecule has 0 atom stereocenters. The smallest absolute Gasteiger partial charge is 0.0462 e. The lowest BCUT2D eigenvalue weighted by Gasteiger charge is -2.04. The zero-order valence-corrected chi connectivity index (χ0v) is 10.5. The van der Waals surface area contributed by atoms with Crippen LogP contribution in [-0.4, -0.2) is 13.7 Å². The summed E-state index contributed by atoms with van der Waals surface area (Å²) in [6.45, 7) is 0.887. The minimum atomic E-state index is 0.887. The molecule has 0 bridgehead atoms. The Morgan fingerprint density at radius 3 is 2.53 bits per heavy atom. The maximum Gasteiger partial charge on any atom is 0.0462 e. The van der Waals surface area contributed by atoms with E-state index in [1.54, 1.807) is 7.11 Å². The summed E-state index contributed by atoms with van der Waals surface area (Å²) in [4.78, 5) is 0. The average molecular weight is 228 g/mol. The SMILES string of the molecule is COCCCCCc1ccc2ccccc2c1. The molecular weight excluding hydrogens is 208 g/mol. The normalized spacial score (nSPS) is 10.9. The number of hydrogen-bond acceptors (Lipinski definition) is 1. The summed E-state index contributed by atoms with van der Waals surface area (Å²) in [5, 5.41) is 2.68. The van der Waals surface area contributed by atoms with E-state index in [1.165, 1.54) is 42.0 Å². The second kappa shape index (κ2) is 6.41. The second-order valence-corrected chi connectivity index (χ2v) is 4.48. The summed E-state index contributed by atoms with van der Waals surface area (Å²) in [7, 11) is 1.77. The third-order valence-corrected chi connectivity index (χ3v) is 3.13. The summed E-state index contributed by atoms with van der Waals surface area (Å²) < 4.78 is 5.05. The molecule has 2 aromatic rings. The predicted octanol–water partition coefficient (Wildman–Crippen LogP) is 4.20. The Morgan fingerprint density at radius 1 is 0.882 bits per heavy atom. The summed E-state index contributed by atoms with van der Waals surface area (Å²) in [5.74, 6) is 0. The molecule has 0 aliphatic carbocycles. The maximum absolute atomic E-state index is 5.05. The van der Waals surface area contributed by atoms with Gasteiger partial charge in [0.15, 0.2) is 0 Å². The van der Waals surface area contributed by atoms with Crippen LogP contribution in [0.15, 0.2) is 42.5 Å². The Balaban J connectivity index is 1.90. The standard InChI is InChI=1S/C16H20O/c1-17-12-6-2-3-7-14-10-11-15-8-4-5-9-16(15)13-14/h4-5,8-11,13H,2-3,6-7,12H2,1H3. The fraction of sp³-hybridized carbons (Fsp3) is 0.375. The molecule has 0 aliphatic heterocycles. The first-order valence-corrected chi connectivity index (χ1v) is 6.37. The number of methoxy groups -OCH3 is 1. The molecule has 17 heavy (non-hydrogen) atoms. The van der Waals surface area contributed by atoms with Gasteiger partial charge in [-0.15, -0.1) is 0 Å². The van der Waals surface area contributed by atoms with Crippen LogP contribution >= 0.6 is 0 Å². The molecule has 0 heterocycles. The molecule has 1 nitrogen and oxygen atoms in total. The quantitative estimate of drug-likeness (QED) is 0.673. The van der Waals surface area contributed by atoms with Crippen LogP contribution in [0.3, 0.4) is 0 Å². The third kappa shape index (κ3) is 3.57. The highest BCUT2D eigenvalue weighted by Crippen LogP contribution is 2.17. The molecule has 0 N–H and O–H groups in total. The lowest BCUT2D eigenvalue weighted by atomic mass is 10.0. The predicted molar refractivity (Wildman–Crippen MR) is 73.4 cm³/mol. The van der Waals surface area contributed by atoms with Crippen LogP contribution in [0.5, 0.6) is 0 Å². The lowest BCUT2D eigenvalue weighted by Crippen LogP contribution is -1.90. The molecule has 0 saturated carbocycles. The van der Waals surface area contributed by atoms with Gasteiger partial charge in [0, 0.05) is 13.7 Å². The number of rotatable bonds is 6. The largest absolute Gasteiger partial charge is 0.385 e. The average Bonchev–Trinajstić information content (AvgIpc) is 2.38. The molecule has 0 unspecified atom stereocenters. The van der Waals surface area contributed by atoms with E-state index in [0.717, 1.165) is 6.61 Å². The van der Waals surface area contributed by atoms with Gasteiger partial charge in [0.05, 0.1) is 0 Å². The van der Waals surface area contributed by atoms with Crippen molar-refractivity contribution in [1.29, 1.82) is 0 Å². The molecule has 0 radical (unpaired) electrons. The number of benzene rings is 2. The van der Waals surface area contributed by atoms with E-state index >= 15 is 0 Å². The van der Waals surface area contributed by atoms with Crippen molar-refractivity contribution in [1.82, 2.24) is 0 Å². The number of fused-ring (bicyclic) bond motifs is 1. The van der Waals surface area contributed by atoms with E-state index < -0.39 is 0 Å². The van der Waals surface area contributed by atoms with Gasteiger partial charge in [-0.25, -0.2) is 0 Å². The van der Waals surface area contributed by atoms with E-state index in [4.69, 9.17) is 4.74 Å². The molecule has 1 heteroatoms. The van der Waals surface area contributed by atoms with E-state index in [0.29, 0.717) is 0 Å². The van der Waals surface area contributed by atoms with Gasteiger partial charge in [-0.3, -0.25) is 0 Å². The third-order valence-electron chi connectivity index (χ3n) is 3.13. The Hall–Kier alpha value is -1.34. The van der Waals surface area contributed by atoms with Gasteiger partial charge in [0.1, 0.15) is 0 Å². The van der Waals surface area contributed by atoms with Crippen LogP contribution in [0, 0.1) is 0 Å². The molecule has 2 rings (SSSR count). The zero-order chi connectivity index (χ0) is 11.9. The summed E-state index contributed by atoms with van der Waals surface area (Å²) >= 11 is 0. The van der Waals surface area contributed by atoms with Gasteiger partial charge in [-0.1, -0.05) is 48.9 Å². The van der Waals surface area contributed by atoms with Crippen molar-refractivity contribution in [3.63, 3.8) is 0 Å². The highest BCUT2D eigenvalue weighted by Gasteiger charge is 1.96. The van der Waals surface area contributed by atoms with Crippen LogP contribution in [0.1, 0.15) is 24.8 Å². The van der Waals surface area contributed by atoms with Crippen LogP contribution < -0.4 is 0 Å². The highest BCUT2D eigenvalue weighted by molar-refractivity contribution is 5.82. The fourth-order valence-corrected chi connectivity index (χ4v) is 2.15. The summed E-state index contributed by atoms with van der Waals surface area (Å²) in [6, 6.07) is 15.3. The second-order valence-electron chi connectivity index (χ2n) is 4.48. The van der Waals surface area contributed by atoms with Gasteiger partial charge in [-0.2, -0.15) is 0 Å². The molecule has 0 amide bonds. The van der Waals surface area contributed by atoms with Crippen LogP contribution in [0.4, 0.5) is 0 Å². The Morgan fingerprint density at radius 2 is 1.71 bits per heavy atom. The first-order chi connectivity index (χ1) is 8.40. The topological polar surface area (TPSA) is 9.23 Å². The molecule has 0 spiro atoms. The first-order valence-electron chi connectivity index (χ1n) is 6.37. The molecule has 0 fully saturated rings. The molecular formula is C16H20O. The van der Waals surface area contributed by atoms with Crippen LogP contribution in [0.25, 0.3) is 10.8 Å².